The Bertz CT molecular complexity index is 521. The Morgan fingerprint density at radius 3 is 2.88 bits per heavy atom. The Labute approximate surface area is 100 Å². The van der Waals surface area contributed by atoms with Crippen LogP contribution in [-0.2, 0) is 19.5 Å². The lowest BCUT2D eigenvalue weighted by Crippen LogP contribution is -2.30. The Hall–Kier alpha value is -1.81. The monoisotopic (exact) mass is 229 g/mol. The van der Waals surface area contributed by atoms with Crippen molar-refractivity contribution in [1.82, 2.24) is 4.98 Å². The molecule has 0 spiro atoms. The van der Waals surface area contributed by atoms with Gasteiger partial charge in [0.05, 0.1) is 5.69 Å². The lowest BCUT2D eigenvalue weighted by atomic mass is 10.0. The van der Waals surface area contributed by atoms with Gasteiger partial charge in [-0.2, -0.15) is 4.98 Å². The summed E-state index contributed by atoms with van der Waals surface area (Å²) in [4.78, 5) is 6.51. The van der Waals surface area contributed by atoms with Gasteiger partial charge >= 0.3 is 0 Å². The number of anilines is 1. The van der Waals surface area contributed by atoms with E-state index < -0.39 is 0 Å². The average Bonchev–Trinajstić information content (AvgIpc) is 2.87. The lowest BCUT2D eigenvalue weighted by Gasteiger charge is -2.27. The van der Waals surface area contributed by atoms with Crippen LogP contribution in [0.5, 0.6) is 0 Å². The second-order valence-corrected chi connectivity index (χ2v) is 4.27. The Morgan fingerprint density at radius 2 is 2.12 bits per heavy atom. The topological polar surface area (TPSA) is 55.3 Å². The van der Waals surface area contributed by atoms with E-state index in [9.17, 15) is 0 Å². The Kier molecular flexibility index (Phi) is 2.57. The van der Waals surface area contributed by atoms with E-state index in [-0.39, 0.29) is 0 Å². The van der Waals surface area contributed by atoms with Crippen molar-refractivity contribution in [3.8, 4) is 0 Å². The Morgan fingerprint density at radius 1 is 1.29 bits per heavy atom. The summed E-state index contributed by atoms with van der Waals surface area (Å²) < 4.78 is 5.44. The molecule has 1 aliphatic heterocycles. The number of nitrogens with two attached hydrogens (primary N) is 1. The van der Waals surface area contributed by atoms with Crippen LogP contribution in [-0.4, -0.2) is 11.5 Å². The molecule has 3 rings (SSSR count). The number of benzene rings is 1. The molecule has 0 amide bonds. The number of oxazole rings is 1. The Balaban J connectivity index is 1.84. The van der Waals surface area contributed by atoms with E-state index in [4.69, 9.17) is 10.2 Å². The second-order valence-electron chi connectivity index (χ2n) is 4.27. The lowest BCUT2D eigenvalue weighted by molar-refractivity contribution is 0.523. The second kappa shape index (κ2) is 4.22. The standard InChI is InChI=1S/C13H15N3O/c14-7-12-9-17-13(15-12)16-6-5-10-3-1-2-4-11(10)8-16/h1-4,9H,5-8,14H2. The molecule has 2 aromatic rings. The SMILES string of the molecule is NCc1coc(N2CCc3ccccc3C2)n1. The summed E-state index contributed by atoms with van der Waals surface area (Å²) in [6, 6.07) is 9.19. The molecular weight excluding hydrogens is 214 g/mol. The maximum Gasteiger partial charge on any atom is 0.297 e. The molecule has 1 aliphatic rings. The minimum Gasteiger partial charge on any atom is -0.432 e. The van der Waals surface area contributed by atoms with Crippen molar-refractivity contribution in [2.45, 2.75) is 19.5 Å². The van der Waals surface area contributed by atoms with Gasteiger partial charge < -0.3 is 15.1 Å². The highest BCUT2D eigenvalue weighted by molar-refractivity contribution is 5.38. The van der Waals surface area contributed by atoms with Gasteiger partial charge in [0, 0.05) is 19.6 Å². The summed E-state index contributed by atoms with van der Waals surface area (Å²) in [6.07, 6.45) is 2.67. The van der Waals surface area contributed by atoms with Crippen LogP contribution < -0.4 is 10.6 Å². The van der Waals surface area contributed by atoms with Crippen LogP contribution in [0, 0.1) is 0 Å². The van der Waals surface area contributed by atoms with Crippen LogP contribution >= 0.6 is 0 Å². The number of fused-ring (bicyclic) bond motifs is 1. The molecular formula is C13H15N3O. The predicted molar refractivity (Wildman–Crippen MR) is 65.6 cm³/mol. The molecule has 17 heavy (non-hydrogen) atoms. The van der Waals surface area contributed by atoms with Crippen molar-refractivity contribution in [3.63, 3.8) is 0 Å². The summed E-state index contributed by atoms with van der Waals surface area (Å²) in [5, 5.41) is 0. The van der Waals surface area contributed by atoms with Gasteiger partial charge in [0.15, 0.2) is 0 Å². The first-order chi connectivity index (χ1) is 8.36. The summed E-state index contributed by atoms with van der Waals surface area (Å²) in [7, 11) is 0. The van der Waals surface area contributed by atoms with Gasteiger partial charge in [-0.15, -0.1) is 0 Å². The van der Waals surface area contributed by atoms with E-state index in [1.165, 1.54) is 11.1 Å². The number of hydrogen-bond donors (Lipinski definition) is 1. The van der Waals surface area contributed by atoms with Crippen molar-refractivity contribution in [2.75, 3.05) is 11.4 Å². The third-order valence-electron chi connectivity index (χ3n) is 3.15. The van der Waals surface area contributed by atoms with Crippen molar-refractivity contribution in [1.29, 1.82) is 0 Å². The van der Waals surface area contributed by atoms with Gasteiger partial charge in [-0.25, -0.2) is 0 Å². The number of hydrogen-bond acceptors (Lipinski definition) is 4. The summed E-state index contributed by atoms with van der Waals surface area (Å²) in [5.41, 5.74) is 9.11. The number of nitrogens with zero attached hydrogens (tertiary/aromatic N) is 2. The van der Waals surface area contributed by atoms with Gasteiger partial charge in [0.1, 0.15) is 6.26 Å². The van der Waals surface area contributed by atoms with Crippen LogP contribution in [0.15, 0.2) is 34.9 Å². The molecule has 1 aromatic heterocycles. The molecule has 0 radical (unpaired) electrons. The van der Waals surface area contributed by atoms with Crippen LogP contribution in [0.3, 0.4) is 0 Å². The highest BCUT2D eigenvalue weighted by Gasteiger charge is 2.19. The maximum absolute atomic E-state index is 5.53. The average molecular weight is 229 g/mol. The van der Waals surface area contributed by atoms with Crippen LogP contribution in [0.25, 0.3) is 0 Å². The van der Waals surface area contributed by atoms with Gasteiger partial charge in [0.25, 0.3) is 6.01 Å². The molecule has 0 atom stereocenters. The normalized spacial score (nSPS) is 14.8. The van der Waals surface area contributed by atoms with Gasteiger partial charge in [0.2, 0.25) is 0 Å². The summed E-state index contributed by atoms with van der Waals surface area (Å²) in [6.45, 7) is 2.23. The third kappa shape index (κ3) is 1.91. The third-order valence-corrected chi connectivity index (χ3v) is 3.15. The summed E-state index contributed by atoms with van der Waals surface area (Å²) >= 11 is 0. The van der Waals surface area contributed by atoms with Crippen molar-refractivity contribution < 1.29 is 4.42 Å². The zero-order valence-electron chi connectivity index (χ0n) is 9.60. The highest BCUT2D eigenvalue weighted by atomic mass is 16.4. The molecule has 88 valence electrons. The zero-order valence-corrected chi connectivity index (χ0v) is 9.60. The molecule has 0 saturated heterocycles. The molecule has 4 heteroatoms. The first-order valence-corrected chi connectivity index (χ1v) is 5.83. The van der Waals surface area contributed by atoms with E-state index >= 15 is 0 Å². The van der Waals surface area contributed by atoms with Crippen molar-refractivity contribution >= 4 is 6.01 Å². The first kappa shape index (κ1) is 10.4. The van der Waals surface area contributed by atoms with Crippen molar-refractivity contribution in [3.05, 3.63) is 47.3 Å². The van der Waals surface area contributed by atoms with Gasteiger partial charge in [-0.05, 0) is 17.5 Å². The molecule has 0 bridgehead atoms. The molecule has 0 unspecified atom stereocenters. The minimum absolute atomic E-state index is 0.425. The summed E-state index contributed by atoms with van der Waals surface area (Å²) in [5.74, 6) is 0. The fourth-order valence-electron chi connectivity index (χ4n) is 2.19. The van der Waals surface area contributed by atoms with E-state index in [1.807, 2.05) is 0 Å². The van der Waals surface area contributed by atoms with Crippen LogP contribution in [0.2, 0.25) is 0 Å². The van der Waals surface area contributed by atoms with Gasteiger partial charge in [-0.1, -0.05) is 24.3 Å². The molecule has 0 fully saturated rings. The van der Waals surface area contributed by atoms with E-state index in [0.717, 1.165) is 25.2 Å². The molecule has 0 saturated carbocycles. The van der Waals surface area contributed by atoms with Gasteiger partial charge in [-0.3, -0.25) is 0 Å². The quantitative estimate of drug-likeness (QED) is 0.851. The molecule has 0 aliphatic carbocycles. The fraction of sp³-hybridized carbons (Fsp3) is 0.308. The van der Waals surface area contributed by atoms with E-state index in [0.29, 0.717) is 12.6 Å². The molecule has 2 N–H and O–H groups in total. The number of rotatable bonds is 2. The van der Waals surface area contributed by atoms with Crippen LogP contribution in [0.4, 0.5) is 6.01 Å². The first-order valence-electron chi connectivity index (χ1n) is 5.83. The minimum atomic E-state index is 0.425. The highest BCUT2D eigenvalue weighted by Crippen LogP contribution is 2.23. The van der Waals surface area contributed by atoms with Crippen LogP contribution in [0.1, 0.15) is 16.8 Å². The van der Waals surface area contributed by atoms with E-state index in [2.05, 4.69) is 34.1 Å². The zero-order chi connectivity index (χ0) is 11.7. The molecule has 1 aromatic carbocycles. The number of aromatic nitrogens is 1. The van der Waals surface area contributed by atoms with E-state index in [1.54, 1.807) is 6.26 Å². The molecule has 4 nitrogen and oxygen atoms in total. The largest absolute Gasteiger partial charge is 0.432 e. The molecule has 2 heterocycles. The smallest absolute Gasteiger partial charge is 0.297 e. The maximum atomic E-state index is 5.53. The predicted octanol–water partition coefficient (Wildman–Crippen LogP) is 1.70. The fourth-order valence-corrected chi connectivity index (χ4v) is 2.19. The van der Waals surface area contributed by atoms with Crippen molar-refractivity contribution in [2.24, 2.45) is 5.73 Å².